The van der Waals surface area contributed by atoms with Gasteiger partial charge in [0.15, 0.2) is 5.96 Å². The highest BCUT2D eigenvalue weighted by Crippen LogP contribution is 2.21. The molecule has 2 aromatic carbocycles. The first-order valence-electron chi connectivity index (χ1n) is 10.6. The summed E-state index contributed by atoms with van der Waals surface area (Å²) in [5.41, 5.74) is 4.80. The number of hydrogen-bond donors (Lipinski definition) is 2. The quantitative estimate of drug-likeness (QED) is 0.439. The number of benzene rings is 2. The lowest BCUT2D eigenvalue weighted by molar-refractivity contribution is 0.0341. The summed E-state index contributed by atoms with van der Waals surface area (Å²) < 4.78 is 5.47. The van der Waals surface area contributed by atoms with Crippen molar-refractivity contribution in [2.75, 3.05) is 33.4 Å². The fourth-order valence-electron chi connectivity index (χ4n) is 3.58. The molecule has 0 radical (unpaired) electrons. The molecular weight excluding hydrogens is 406 g/mol. The Labute approximate surface area is 188 Å². The molecule has 4 rings (SSSR count). The van der Waals surface area contributed by atoms with Crippen molar-refractivity contribution in [1.82, 2.24) is 20.5 Å². The van der Waals surface area contributed by atoms with Gasteiger partial charge in [0, 0.05) is 44.2 Å². The van der Waals surface area contributed by atoms with Gasteiger partial charge in [-0.25, -0.2) is 4.98 Å². The van der Waals surface area contributed by atoms with Gasteiger partial charge in [0.25, 0.3) is 0 Å². The first kappa shape index (κ1) is 21.5. The predicted octanol–water partition coefficient (Wildman–Crippen LogP) is 3.51. The average Bonchev–Trinajstić information content (AvgIpc) is 3.30. The summed E-state index contributed by atoms with van der Waals surface area (Å²) in [7, 11) is 1.80. The Kier molecular flexibility index (Phi) is 7.65. The highest BCUT2D eigenvalue weighted by molar-refractivity contribution is 7.09. The fourth-order valence-corrected chi connectivity index (χ4v) is 4.32. The maximum Gasteiger partial charge on any atom is 0.191 e. The van der Waals surface area contributed by atoms with Crippen molar-refractivity contribution in [3.63, 3.8) is 0 Å². The van der Waals surface area contributed by atoms with E-state index in [9.17, 15) is 0 Å². The van der Waals surface area contributed by atoms with E-state index < -0.39 is 0 Å². The standard InChI is InChI=1S/C24H29N5OS/c1-25-24(27-16-23-28-22(18-31-23)19-7-3-2-4-8-19)26-15-20-9-5-6-10-21(20)17-29-11-13-30-14-12-29/h2-10,18H,11-17H2,1H3,(H2,25,26,27). The van der Waals surface area contributed by atoms with Crippen LogP contribution in [0.3, 0.4) is 0 Å². The summed E-state index contributed by atoms with van der Waals surface area (Å²) in [6, 6.07) is 18.9. The highest BCUT2D eigenvalue weighted by Gasteiger charge is 2.13. The Bertz CT molecular complexity index is 982. The molecular formula is C24H29N5OS. The Morgan fingerprint density at radius 1 is 1.00 bits per heavy atom. The number of aromatic nitrogens is 1. The number of nitrogens with one attached hydrogen (secondary N) is 2. The third kappa shape index (κ3) is 6.13. The van der Waals surface area contributed by atoms with Crippen LogP contribution in [-0.4, -0.2) is 49.2 Å². The molecule has 0 amide bonds. The monoisotopic (exact) mass is 435 g/mol. The highest BCUT2D eigenvalue weighted by atomic mass is 32.1. The van der Waals surface area contributed by atoms with Crippen molar-refractivity contribution in [2.24, 2.45) is 4.99 Å². The summed E-state index contributed by atoms with van der Waals surface area (Å²) in [5, 5.41) is 9.96. The molecule has 3 aromatic rings. The third-order valence-corrected chi connectivity index (χ3v) is 6.16. The molecule has 0 aliphatic carbocycles. The van der Waals surface area contributed by atoms with Crippen molar-refractivity contribution >= 4 is 17.3 Å². The Balaban J connectivity index is 1.31. The van der Waals surface area contributed by atoms with Crippen molar-refractivity contribution in [3.8, 4) is 11.3 Å². The molecule has 31 heavy (non-hydrogen) atoms. The van der Waals surface area contributed by atoms with E-state index in [1.54, 1.807) is 18.4 Å². The minimum Gasteiger partial charge on any atom is -0.379 e. The normalized spacial score (nSPS) is 15.1. The molecule has 0 bridgehead atoms. The molecule has 1 aliphatic rings. The van der Waals surface area contributed by atoms with Gasteiger partial charge >= 0.3 is 0 Å². The van der Waals surface area contributed by atoms with Crippen LogP contribution in [0.4, 0.5) is 0 Å². The van der Waals surface area contributed by atoms with E-state index in [0.29, 0.717) is 6.54 Å². The van der Waals surface area contributed by atoms with E-state index in [2.05, 4.69) is 62.3 Å². The van der Waals surface area contributed by atoms with Gasteiger partial charge in [0.2, 0.25) is 0 Å². The number of aliphatic imine (C=N–C) groups is 1. The van der Waals surface area contributed by atoms with Gasteiger partial charge in [-0.15, -0.1) is 11.3 Å². The molecule has 0 atom stereocenters. The fraction of sp³-hybridized carbons (Fsp3) is 0.333. The molecule has 162 valence electrons. The average molecular weight is 436 g/mol. The van der Waals surface area contributed by atoms with Crippen LogP contribution in [-0.2, 0) is 24.4 Å². The summed E-state index contributed by atoms with van der Waals surface area (Å²) in [5.74, 6) is 0.776. The number of guanidine groups is 1. The van der Waals surface area contributed by atoms with Gasteiger partial charge in [-0.3, -0.25) is 9.89 Å². The molecule has 0 spiro atoms. The van der Waals surface area contributed by atoms with Crippen LogP contribution < -0.4 is 10.6 Å². The van der Waals surface area contributed by atoms with E-state index in [1.807, 2.05) is 18.2 Å². The van der Waals surface area contributed by atoms with Gasteiger partial charge in [0.05, 0.1) is 25.5 Å². The molecule has 2 heterocycles. The maximum atomic E-state index is 5.47. The maximum absolute atomic E-state index is 5.47. The number of hydrogen-bond acceptors (Lipinski definition) is 5. The van der Waals surface area contributed by atoms with Crippen LogP contribution in [0, 0.1) is 0 Å². The lowest BCUT2D eigenvalue weighted by atomic mass is 10.1. The Morgan fingerprint density at radius 2 is 1.71 bits per heavy atom. The minimum atomic E-state index is 0.645. The van der Waals surface area contributed by atoms with Crippen LogP contribution in [0.25, 0.3) is 11.3 Å². The van der Waals surface area contributed by atoms with Crippen molar-refractivity contribution in [2.45, 2.75) is 19.6 Å². The number of ether oxygens (including phenoxy) is 1. The molecule has 0 unspecified atom stereocenters. The van der Waals surface area contributed by atoms with Crippen molar-refractivity contribution in [1.29, 1.82) is 0 Å². The number of rotatable bonds is 7. The van der Waals surface area contributed by atoms with Gasteiger partial charge < -0.3 is 15.4 Å². The summed E-state index contributed by atoms with van der Waals surface area (Å²) >= 11 is 1.66. The first-order valence-corrected chi connectivity index (χ1v) is 11.5. The van der Waals surface area contributed by atoms with E-state index in [-0.39, 0.29) is 0 Å². The second-order valence-electron chi connectivity index (χ2n) is 7.43. The van der Waals surface area contributed by atoms with Gasteiger partial charge in [-0.05, 0) is 11.1 Å². The SMILES string of the molecule is CN=C(NCc1nc(-c2ccccc2)cs1)NCc1ccccc1CN1CCOCC1. The molecule has 1 aliphatic heterocycles. The molecule has 6 nitrogen and oxygen atoms in total. The van der Waals surface area contributed by atoms with E-state index in [1.165, 1.54) is 11.1 Å². The zero-order valence-corrected chi connectivity index (χ0v) is 18.7. The number of thiazole rings is 1. The summed E-state index contributed by atoms with van der Waals surface area (Å²) in [6.07, 6.45) is 0. The topological polar surface area (TPSA) is 61.8 Å². The van der Waals surface area contributed by atoms with Crippen LogP contribution in [0.2, 0.25) is 0 Å². The van der Waals surface area contributed by atoms with Gasteiger partial charge in [-0.2, -0.15) is 0 Å². The number of nitrogens with zero attached hydrogens (tertiary/aromatic N) is 3. The molecule has 7 heteroatoms. The second-order valence-corrected chi connectivity index (χ2v) is 8.37. The summed E-state index contributed by atoms with van der Waals surface area (Å²) in [6.45, 7) is 5.95. The second kappa shape index (κ2) is 11.0. The van der Waals surface area contributed by atoms with Crippen LogP contribution >= 0.6 is 11.3 Å². The van der Waals surface area contributed by atoms with E-state index >= 15 is 0 Å². The Hall–Kier alpha value is -2.74. The van der Waals surface area contributed by atoms with Crippen LogP contribution in [0.15, 0.2) is 65.0 Å². The third-order valence-electron chi connectivity index (χ3n) is 5.31. The molecule has 0 saturated carbocycles. The zero-order valence-electron chi connectivity index (χ0n) is 17.9. The van der Waals surface area contributed by atoms with Crippen molar-refractivity contribution < 1.29 is 4.74 Å². The van der Waals surface area contributed by atoms with E-state index in [0.717, 1.165) is 61.6 Å². The molecule has 1 saturated heterocycles. The van der Waals surface area contributed by atoms with Crippen molar-refractivity contribution in [3.05, 3.63) is 76.1 Å². The Morgan fingerprint density at radius 3 is 2.48 bits per heavy atom. The van der Waals surface area contributed by atoms with Crippen LogP contribution in [0.1, 0.15) is 16.1 Å². The largest absolute Gasteiger partial charge is 0.379 e. The predicted molar refractivity (Wildman–Crippen MR) is 127 cm³/mol. The van der Waals surface area contributed by atoms with Gasteiger partial charge in [-0.1, -0.05) is 54.6 Å². The van der Waals surface area contributed by atoms with Crippen LogP contribution in [0.5, 0.6) is 0 Å². The lowest BCUT2D eigenvalue weighted by Crippen LogP contribution is -2.37. The molecule has 1 aromatic heterocycles. The first-order chi connectivity index (χ1) is 15.3. The van der Waals surface area contributed by atoms with E-state index in [4.69, 9.17) is 9.72 Å². The smallest absolute Gasteiger partial charge is 0.191 e. The molecule has 2 N–H and O–H groups in total. The number of morpholine rings is 1. The summed E-state index contributed by atoms with van der Waals surface area (Å²) in [4.78, 5) is 11.6. The lowest BCUT2D eigenvalue weighted by Gasteiger charge is -2.27. The minimum absolute atomic E-state index is 0.645. The molecule has 1 fully saturated rings. The zero-order chi connectivity index (χ0) is 21.3. The van der Waals surface area contributed by atoms with Gasteiger partial charge in [0.1, 0.15) is 5.01 Å².